The number of carbonyl (C=O) groups is 1. The summed E-state index contributed by atoms with van der Waals surface area (Å²) in [7, 11) is 5.40. The Balaban J connectivity index is 1.22. The highest BCUT2D eigenvalue weighted by Crippen LogP contribution is 2.34. The largest absolute Gasteiger partial charge is 0.497 e. The van der Waals surface area contributed by atoms with Gasteiger partial charge in [-0.05, 0) is 92.5 Å². The Kier molecular flexibility index (Phi) is 9.31. The van der Waals surface area contributed by atoms with Crippen LogP contribution in [0.4, 0.5) is 21.7 Å². The lowest BCUT2D eigenvalue weighted by Crippen LogP contribution is -2.44. The number of hydrogen-bond acceptors (Lipinski definition) is 9. The highest BCUT2D eigenvalue weighted by molar-refractivity contribution is 5.99. The Hall–Kier alpha value is -5.55. The fraction of sp³-hybridized carbons (Fsp3) is 0.300. The first-order chi connectivity index (χ1) is 24.6. The lowest BCUT2D eigenvalue weighted by molar-refractivity contribution is 0.0940. The Morgan fingerprint density at radius 2 is 1.67 bits per heavy atom. The Labute approximate surface area is 297 Å². The summed E-state index contributed by atoms with van der Waals surface area (Å²) in [6, 6.07) is 23.6. The van der Waals surface area contributed by atoms with Crippen LogP contribution in [0.3, 0.4) is 0 Å². The van der Waals surface area contributed by atoms with Crippen molar-refractivity contribution in [3.63, 3.8) is 0 Å². The van der Waals surface area contributed by atoms with Crippen LogP contribution in [0, 0.1) is 5.82 Å². The van der Waals surface area contributed by atoms with Gasteiger partial charge in [0.05, 0.1) is 42.9 Å². The summed E-state index contributed by atoms with van der Waals surface area (Å²) in [5.74, 6) is 1.02. The van der Waals surface area contributed by atoms with Gasteiger partial charge in [-0.25, -0.2) is 14.4 Å². The highest BCUT2D eigenvalue weighted by Gasteiger charge is 2.36. The second-order valence-electron chi connectivity index (χ2n) is 13.7. The van der Waals surface area contributed by atoms with Crippen molar-refractivity contribution in [2.24, 2.45) is 0 Å². The van der Waals surface area contributed by atoms with E-state index in [0.717, 1.165) is 65.7 Å². The minimum Gasteiger partial charge on any atom is -0.497 e. The summed E-state index contributed by atoms with van der Waals surface area (Å²) in [6.07, 6.45) is 2.32. The van der Waals surface area contributed by atoms with Gasteiger partial charge in [0.1, 0.15) is 17.2 Å². The molecule has 5 aromatic rings. The van der Waals surface area contributed by atoms with Crippen molar-refractivity contribution in [3.8, 4) is 22.8 Å². The van der Waals surface area contributed by atoms with Crippen LogP contribution in [0.15, 0.2) is 79.0 Å². The fourth-order valence-electron chi connectivity index (χ4n) is 6.74. The minimum atomic E-state index is -0.573. The first kappa shape index (κ1) is 33.9. The van der Waals surface area contributed by atoms with Gasteiger partial charge in [-0.15, -0.1) is 0 Å². The van der Waals surface area contributed by atoms with Crippen molar-refractivity contribution >= 4 is 23.2 Å². The molecule has 11 heteroatoms. The first-order valence-corrected chi connectivity index (χ1v) is 17.1. The van der Waals surface area contributed by atoms with Gasteiger partial charge in [-0.3, -0.25) is 9.78 Å². The number of amides is 1. The smallest absolute Gasteiger partial charge is 0.253 e. The summed E-state index contributed by atoms with van der Waals surface area (Å²) < 4.78 is 26.6. The third kappa shape index (κ3) is 7.20. The third-order valence-corrected chi connectivity index (χ3v) is 9.66. The number of rotatable bonds is 10. The van der Waals surface area contributed by atoms with Crippen LogP contribution in [0.25, 0.3) is 11.3 Å². The maximum absolute atomic E-state index is 15.6. The van der Waals surface area contributed by atoms with Crippen LogP contribution in [-0.4, -0.2) is 73.2 Å². The number of fused-ring (bicyclic) bond motifs is 1. The number of hydrogen-bond donors (Lipinski definition) is 2. The summed E-state index contributed by atoms with van der Waals surface area (Å²) >= 11 is 0. The lowest BCUT2D eigenvalue weighted by atomic mass is 9.93. The molecule has 262 valence electrons. The monoisotopic (exact) mass is 687 g/mol. The van der Waals surface area contributed by atoms with E-state index in [1.165, 1.54) is 6.20 Å². The minimum absolute atomic E-state index is 0.122. The van der Waals surface area contributed by atoms with Crippen molar-refractivity contribution < 1.29 is 18.7 Å². The van der Waals surface area contributed by atoms with Crippen LogP contribution >= 0.6 is 0 Å². The van der Waals surface area contributed by atoms with E-state index in [0.29, 0.717) is 35.4 Å². The van der Waals surface area contributed by atoms with Gasteiger partial charge in [0.25, 0.3) is 5.91 Å². The molecule has 0 spiro atoms. The van der Waals surface area contributed by atoms with Crippen LogP contribution < -0.4 is 25.0 Å². The zero-order chi connectivity index (χ0) is 35.7. The quantitative estimate of drug-likeness (QED) is 0.174. The normalized spacial score (nSPS) is 15.3. The summed E-state index contributed by atoms with van der Waals surface area (Å²) in [5.41, 5.74) is 7.25. The number of piperazine rings is 1. The molecule has 0 aliphatic carbocycles. The third-order valence-electron chi connectivity index (χ3n) is 9.66. The number of aromatic nitrogens is 3. The number of ether oxygens (including phenoxy) is 2. The van der Waals surface area contributed by atoms with Gasteiger partial charge in [0.15, 0.2) is 5.82 Å². The van der Waals surface area contributed by atoms with Crippen molar-refractivity contribution in [1.29, 1.82) is 0 Å². The highest BCUT2D eigenvalue weighted by atomic mass is 19.1. The van der Waals surface area contributed by atoms with E-state index in [2.05, 4.69) is 37.4 Å². The number of likely N-dealkylation sites (N-methyl/N-ethyl adjacent to an activating group) is 1. The van der Waals surface area contributed by atoms with Crippen molar-refractivity contribution in [2.75, 3.05) is 57.7 Å². The predicted molar refractivity (Wildman–Crippen MR) is 197 cm³/mol. The molecule has 2 N–H and O–H groups in total. The molecular weight excluding hydrogens is 645 g/mol. The first-order valence-electron chi connectivity index (χ1n) is 17.1. The summed E-state index contributed by atoms with van der Waals surface area (Å²) in [5, 5.41) is 6.29. The second kappa shape index (κ2) is 14.0. The van der Waals surface area contributed by atoms with Crippen molar-refractivity contribution in [2.45, 2.75) is 32.2 Å². The number of methoxy groups -OCH3 is 2. The molecule has 1 saturated heterocycles. The average Bonchev–Trinajstić information content (AvgIpc) is 3.37. The van der Waals surface area contributed by atoms with Gasteiger partial charge in [-0.2, -0.15) is 0 Å². The number of nitrogens with one attached hydrogen (secondary N) is 2. The summed E-state index contributed by atoms with van der Waals surface area (Å²) in [6.45, 7) is 7.71. The molecule has 2 aromatic heterocycles. The van der Waals surface area contributed by atoms with E-state index in [-0.39, 0.29) is 17.5 Å². The Morgan fingerprint density at radius 1 is 0.882 bits per heavy atom. The zero-order valence-electron chi connectivity index (χ0n) is 29.6. The molecule has 7 rings (SSSR count). The fourth-order valence-corrected chi connectivity index (χ4v) is 6.74. The molecule has 4 heterocycles. The van der Waals surface area contributed by atoms with E-state index in [1.54, 1.807) is 14.2 Å². The number of halogens is 1. The van der Waals surface area contributed by atoms with Gasteiger partial charge in [-0.1, -0.05) is 24.3 Å². The topological polar surface area (TPSA) is 105 Å². The van der Waals surface area contributed by atoms with E-state index in [1.807, 2.05) is 86.6 Å². The van der Waals surface area contributed by atoms with Gasteiger partial charge in [0.2, 0.25) is 5.95 Å². The molecule has 51 heavy (non-hydrogen) atoms. The number of pyridine rings is 1. The maximum Gasteiger partial charge on any atom is 0.253 e. The van der Waals surface area contributed by atoms with Gasteiger partial charge < -0.3 is 29.9 Å². The van der Waals surface area contributed by atoms with Crippen LogP contribution in [0.2, 0.25) is 0 Å². The van der Waals surface area contributed by atoms with E-state index < -0.39 is 11.4 Å². The van der Waals surface area contributed by atoms with E-state index in [4.69, 9.17) is 14.5 Å². The average molecular weight is 688 g/mol. The van der Waals surface area contributed by atoms with Gasteiger partial charge in [0, 0.05) is 49.5 Å². The molecule has 0 atom stereocenters. The number of nitrogens with zero attached hydrogens (tertiary/aromatic N) is 5. The second-order valence-corrected chi connectivity index (χ2v) is 13.7. The van der Waals surface area contributed by atoms with Crippen molar-refractivity contribution in [1.82, 2.24) is 25.2 Å². The molecule has 10 nitrogen and oxygen atoms in total. The molecule has 1 amide bonds. The molecule has 0 bridgehead atoms. The Bertz CT molecular complexity index is 2080. The van der Waals surface area contributed by atoms with Gasteiger partial charge >= 0.3 is 0 Å². The molecular formula is C40H42FN7O3. The molecule has 0 radical (unpaired) electrons. The standard InChI is InChI=1S/C40H42FN7O3/c1-40(2)37-32(38(49)46-40)14-10-29(43-37)22-28-21-27(9-8-26(28)20-25-6-12-31(50-4)13-7-25)36-33(41)24-42-39(45-36)44-34-23-30(11-15-35(34)51-5)48-18-16-47(3)17-19-48/h6-15,21,23-24H,16-20,22H2,1-5H3,(H,46,49)(H,42,44,45). The molecule has 3 aromatic carbocycles. The zero-order valence-corrected chi connectivity index (χ0v) is 29.6. The summed E-state index contributed by atoms with van der Waals surface area (Å²) in [4.78, 5) is 31.1. The molecule has 2 aliphatic rings. The lowest BCUT2D eigenvalue weighted by Gasteiger charge is -2.34. The van der Waals surface area contributed by atoms with E-state index >= 15 is 4.39 Å². The number of benzene rings is 3. The number of anilines is 3. The molecule has 0 saturated carbocycles. The SMILES string of the molecule is COc1ccc(Cc2ccc(-c3nc(Nc4cc(N5CCN(C)CC5)ccc4OC)ncc3F)cc2Cc2ccc3c(n2)C(C)(C)NC3=O)cc1. The number of carbonyl (C=O) groups excluding carboxylic acids is 1. The Morgan fingerprint density at radius 3 is 2.41 bits per heavy atom. The predicted octanol–water partition coefficient (Wildman–Crippen LogP) is 6.35. The molecule has 1 fully saturated rings. The van der Waals surface area contributed by atoms with E-state index in [9.17, 15) is 4.79 Å². The maximum atomic E-state index is 15.6. The van der Waals surface area contributed by atoms with Crippen LogP contribution in [0.5, 0.6) is 11.5 Å². The van der Waals surface area contributed by atoms with Crippen LogP contribution in [0.1, 0.15) is 52.3 Å². The molecule has 0 unspecified atom stereocenters. The van der Waals surface area contributed by atoms with Crippen LogP contribution in [-0.2, 0) is 18.4 Å². The molecule has 2 aliphatic heterocycles. The van der Waals surface area contributed by atoms with Crippen molar-refractivity contribution in [3.05, 3.63) is 118 Å².